The Balaban J connectivity index is 0.00000256. The first-order chi connectivity index (χ1) is 14.7. The number of rotatable bonds is 9. The number of anilines is 1. The smallest absolute Gasteiger partial charge is 0.332 e. The van der Waals surface area contributed by atoms with E-state index in [-0.39, 0.29) is 24.8 Å². The van der Waals surface area contributed by atoms with E-state index in [4.69, 9.17) is 10.5 Å². The quantitative estimate of drug-likeness (QED) is 0.323. The lowest BCUT2D eigenvalue weighted by atomic mass is 10.1. The summed E-state index contributed by atoms with van der Waals surface area (Å²) in [7, 11) is 0. The number of nitrogens with zero attached hydrogens (tertiary/aromatic N) is 3. The Morgan fingerprint density at radius 1 is 1.03 bits per heavy atom. The lowest BCUT2D eigenvalue weighted by Crippen LogP contribution is -2.46. The zero-order chi connectivity index (χ0) is 21.2. The van der Waals surface area contributed by atoms with Crippen molar-refractivity contribution in [3.8, 4) is 5.75 Å². The monoisotopic (exact) mass is 481 g/mol. The van der Waals surface area contributed by atoms with E-state index in [1.54, 1.807) is 0 Å². The third kappa shape index (κ3) is 8.57. The van der Waals surface area contributed by atoms with E-state index in [2.05, 4.69) is 50.7 Å². The second-order valence-electron chi connectivity index (χ2n) is 7.28. The van der Waals surface area contributed by atoms with Crippen molar-refractivity contribution < 1.29 is 9.53 Å². The fraction of sp³-hybridized carbons (Fsp3) is 0.391. The first-order valence-corrected chi connectivity index (χ1v) is 10.5. The van der Waals surface area contributed by atoms with Gasteiger partial charge in [-0.1, -0.05) is 25.1 Å². The Bertz CT molecular complexity index is 826. The normalized spacial score (nSPS) is 14.2. The highest BCUT2D eigenvalue weighted by atomic mass is 35.5. The highest BCUT2D eigenvalue weighted by Gasteiger charge is 2.16. The zero-order valence-electron chi connectivity index (χ0n) is 18.4. The van der Waals surface area contributed by atoms with Crippen LogP contribution in [0.5, 0.6) is 5.75 Å². The van der Waals surface area contributed by atoms with Crippen LogP contribution in [0.3, 0.4) is 0 Å². The molecule has 0 unspecified atom stereocenters. The van der Waals surface area contributed by atoms with E-state index >= 15 is 0 Å². The molecule has 0 aromatic heterocycles. The molecule has 176 valence electrons. The number of amides is 2. The van der Waals surface area contributed by atoms with E-state index in [0.29, 0.717) is 13.0 Å². The summed E-state index contributed by atoms with van der Waals surface area (Å²) in [6.07, 6.45) is 1.69. The molecular formula is C23H33Cl2N5O2. The molecule has 0 aliphatic carbocycles. The second kappa shape index (κ2) is 14.6. The van der Waals surface area contributed by atoms with Gasteiger partial charge in [0, 0.05) is 38.4 Å². The number of benzene rings is 2. The van der Waals surface area contributed by atoms with Gasteiger partial charge in [0.2, 0.25) is 0 Å². The van der Waals surface area contributed by atoms with Gasteiger partial charge >= 0.3 is 6.03 Å². The van der Waals surface area contributed by atoms with E-state index in [9.17, 15) is 4.79 Å². The number of carbonyl (C=O) groups excluding carboxylic acids is 1. The summed E-state index contributed by atoms with van der Waals surface area (Å²) in [5.41, 5.74) is 10.4. The molecular weight excluding hydrogens is 449 g/mol. The van der Waals surface area contributed by atoms with Crippen LogP contribution in [0.4, 0.5) is 10.5 Å². The summed E-state index contributed by atoms with van der Waals surface area (Å²) in [4.78, 5) is 15.8. The number of nitrogens with two attached hydrogens (primary N) is 1. The van der Waals surface area contributed by atoms with Crippen LogP contribution in [-0.2, 0) is 0 Å². The Labute approximate surface area is 202 Å². The molecule has 0 spiro atoms. The molecule has 3 N–H and O–H groups in total. The minimum Gasteiger partial charge on any atom is -0.494 e. The number of hydrazone groups is 1. The van der Waals surface area contributed by atoms with Crippen molar-refractivity contribution in [2.75, 3.05) is 44.2 Å². The van der Waals surface area contributed by atoms with Crippen LogP contribution < -0.4 is 20.8 Å². The molecule has 1 fully saturated rings. The average molecular weight is 482 g/mol. The van der Waals surface area contributed by atoms with Gasteiger partial charge in [-0.3, -0.25) is 4.90 Å². The fourth-order valence-corrected chi connectivity index (χ4v) is 3.56. The average Bonchev–Trinajstić information content (AvgIpc) is 2.79. The van der Waals surface area contributed by atoms with E-state index in [0.717, 1.165) is 56.2 Å². The van der Waals surface area contributed by atoms with Crippen molar-refractivity contribution in [2.24, 2.45) is 10.8 Å². The standard InChI is InChI=1S/C23H31N5O2.2ClH/c1-2-22(25-26-23(24)29)19-9-11-21(12-10-19)30-18-6-13-27-14-16-28(17-15-27)20-7-4-3-5-8-20;;/h3-5,7-12H,2,6,13-18H2,1H3,(H3,24,26,29);2*1H/b25-22+;;. The van der Waals surface area contributed by atoms with Crippen molar-refractivity contribution in [1.29, 1.82) is 0 Å². The van der Waals surface area contributed by atoms with Gasteiger partial charge in [-0.2, -0.15) is 5.10 Å². The van der Waals surface area contributed by atoms with Crippen molar-refractivity contribution in [3.05, 3.63) is 60.2 Å². The van der Waals surface area contributed by atoms with Crippen LogP contribution in [0.2, 0.25) is 0 Å². The number of hydrogen-bond acceptors (Lipinski definition) is 5. The van der Waals surface area contributed by atoms with Crippen LogP contribution in [-0.4, -0.2) is 56.0 Å². The summed E-state index contributed by atoms with van der Waals surface area (Å²) >= 11 is 0. The number of para-hydroxylation sites is 1. The van der Waals surface area contributed by atoms with Crippen molar-refractivity contribution in [1.82, 2.24) is 10.3 Å². The molecule has 2 aromatic rings. The van der Waals surface area contributed by atoms with Crippen LogP contribution in [0.1, 0.15) is 25.3 Å². The van der Waals surface area contributed by atoms with Crippen molar-refractivity contribution in [3.63, 3.8) is 0 Å². The van der Waals surface area contributed by atoms with Gasteiger partial charge < -0.3 is 15.4 Å². The van der Waals surface area contributed by atoms with Gasteiger partial charge in [-0.15, -0.1) is 24.8 Å². The largest absolute Gasteiger partial charge is 0.494 e. The van der Waals surface area contributed by atoms with E-state index < -0.39 is 6.03 Å². The Morgan fingerprint density at radius 2 is 1.69 bits per heavy atom. The fourth-order valence-electron chi connectivity index (χ4n) is 3.56. The first-order valence-electron chi connectivity index (χ1n) is 10.5. The maximum atomic E-state index is 10.8. The number of piperazine rings is 1. The third-order valence-electron chi connectivity index (χ3n) is 5.20. The number of halogens is 2. The van der Waals surface area contributed by atoms with Gasteiger partial charge in [-0.25, -0.2) is 10.2 Å². The summed E-state index contributed by atoms with van der Waals surface area (Å²) in [5, 5.41) is 4.04. The molecule has 32 heavy (non-hydrogen) atoms. The highest BCUT2D eigenvalue weighted by molar-refractivity contribution is 6.00. The molecule has 2 aromatic carbocycles. The molecule has 1 heterocycles. The van der Waals surface area contributed by atoms with Crippen LogP contribution in [0.15, 0.2) is 59.7 Å². The Hall–Kier alpha value is -2.48. The Morgan fingerprint density at radius 3 is 2.28 bits per heavy atom. The second-order valence-corrected chi connectivity index (χ2v) is 7.28. The molecule has 1 saturated heterocycles. The number of ether oxygens (including phenoxy) is 1. The van der Waals surface area contributed by atoms with Gasteiger partial charge in [0.1, 0.15) is 5.75 Å². The minimum atomic E-state index is -0.664. The lowest BCUT2D eigenvalue weighted by Gasteiger charge is -2.36. The summed E-state index contributed by atoms with van der Waals surface area (Å²) in [6.45, 7) is 8.02. The summed E-state index contributed by atoms with van der Waals surface area (Å²) < 4.78 is 5.89. The molecule has 0 bridgehead atoms. The molecule has 3 rings (SSSR count). The van der Waals surface area contributed by atoms with Crippen LogP contribution in [0.25, 0.3) is 0 Å². The van der Waals surface area contributed by atoms with E-state index in [1.807, 2.05) is 31.2 Å². The third-order valence-corrected chi connectivity index (χ3v) is 5.20. The van der Waals surface area contributed by atoms with E-state index in [1.165, 1.54) is 5.69 Å². The van der Waals surface area contributed by atoms with Crippen LogP contribution >= 0.6 is 24.8 Å². The highest BCUT2D eigenvalue weighted by Crippen LogP contribution is 2.16. The Kier molecular flexibility index (Phi) is 12.5. The van der Waals surface area contributed by atoms with Gasteiger partial charge in [0.05, 0.1) is 12.3 Å². The van der Waals surface area contributed by atoms with Gasteiger partial charge in [0.15, 0.2) is 0 Å². The summed E-state index contributed by atoms with van der Waals surface area (Å²) in [6, 6.07) is 17.7. The predicted octanol–water partition coefficient (Wildman–Crippen LogP) is 3.90. The molecule has 0 radical (unpaired) electrons. The maximum absolute atomic E-state index is 10.8. The van der Waals surface area contributed by atoms with Crippen molar-refractivity contribution in [2.45, 2.75) is 19.8 Å². The topological polar surface area (TPSA) is 83.2 Å². The first kappa shape index (κ1) is 27.6. The molecule has 9 heteroatoms. The lowest BCUT2D eigenvalue weighted by molar-refractivity contribution is 0.225. The number of primary amides is 1. The molecule has 0 saturated carbocycles. The number of nitrogens with one attached hydrogen (secondary N) is 1. The predicted molar refractivity (Wildman–Crippen MR) is 136 cm³/mol. The zero-order valence-corrected chi connectivity index (χ0v) is 20.0. The SMILES string of the molecule is CC/C(=N\NC(N)=O)c1ccc(OCCCN2CCN(c3ccccc3)CC2)cc1.Cl.Cl. The van der Waals surface area contributed by atoms with Crippen LogP contribution in [0, 0.1) is 0 Å². The summed E-state index contributed by atoms with van der Waals surface area (Å²) in [5.74, 6) is 0.839. The van der Waals surface area contributed by atoms with Gasteiger partial charge in [0.25, 0.3) is 0 Å². The minimum absolute atomic E-state index is 0. The molecule has 1 aliphatic rings. The number of hydrogen-bond donors (Lipinski definition) is 2. The van der Waals surface area contributed by atoms with Crippen molar-refractivity contribution >= 4 is 42.2 Å². The number of urea groups is 1. The maximum Gasteiger partial charge on any atom is 0.332 e. The molecule has 1 aliphatic heterocycles. The molecule has 0 atom stereocenters. The molecule has 7 nitrogen and oxygen atoms in total. The molecule has 2 amide bonds. The van der Waals surface area contributed by atoms with Gasteiger partial charge in [-0.05, 0) is 54.8 Å². The number of carbonyl (C=O) groups is 1.